The molecular formula is C21H24N4O2. The van der Waals surface area contributed by atoms with Crippen molar-refractivity contribution < 1.29 is 9.53 Å². The second-order valence-electron chi connectivity index (χ2n) is 7.86. The molecule has 27 heavy (non-hydrogen) atoms. The summed E-state index contributed by atoms with van der Waals surface area (Å²) < 4.78 is 5.80. The van der Waals surface area contributed by atoms with Gasteiger partial charge in [0, 0.05) is 20.1 Å². The third-order valence-corrected chi connectivity index (χ3v) is 6.12. The second kappa shape index (κ2) is 6.51. The maximum atomic E-state index is 12.9. The molecule has 5 rings (SSSR count). The zero-order valence-electron chi connectivity index (χ0n) is 15.6. The van der Waals surface area contributed by atoms with Crippen LogP contribution in [-0.2, 0) is 24.1 Å². The molecule has 1 saturated heterocycles. The number of nitrogens with zero attached hydrogens (tertiary/aromatic N) is 4. The van der Waals surface area contributed by atoms with Crippen LogP contribution in [0.4, 0.5) is 5.82 Å². The first kappa shape index (κ1) is 16.5. The Hall–Kier alpha value is -2.63. The Bertz CT molecular complexity index is 878. The number of aryl methyl sites for hydroxylation is 2. The van der Waals surface area contributed by atoms with Crippen LogP contribution in [0.25, 0.3) is 0 Å². The van der Waals surface area contributed by atoms with Gasteiger partial charge >= 0.3 is 0 Å². The fourth-order valence-electron chi connectivity index (χ4n) is 4.31. The molecule has 2 aromatic rings. The average molecular weight is 364 g/mol. The van der Waals surface area contributed by atoms with E-state index in [4.69, 9.17) is 4.74 Å². The summed E-state index contributed by atoms with van der Waals surface area (Å²) in [7, 11) is 1.92. The molecule has 6 heteroatoms. The topological polar surface area (TPSA) is 58.6 Å². The van der Waals surface area contributed by atoms with E-state index in [1.165, 1.54) is 12.0 Å². The van der Waals surface area contributed by atoms with Gasteiger partial charge < -0.3 is 14.5 Å². The molecule has 1 aliphatic carbocycles. The quantitative estimate of drug-likeness (QED) is 0.832. The number of amides is 1. The largest absolute Gasteiger partial charge is 0.492 e. The van der Waals surface area contributed by atoms with Crippen LogP contribution >= 0.6 is 0 Å². The fraction of sp³-hybridized carbons (Fsp3) is 0.476. The van der Waals surface area contributed by atoms with Gasteiger partial charge in [0.15, 0.2) is 5.82 Å². The summed E-state index contributed by atoms with van der Waals surface area (Å²) in [6.45, 7) is 2.10. The van der Waals surface area contributed by atoms with Gasteiger partial charge in [0.1, 0.15) is 12.4 Å². The van der Waals surface area contributed by atoms with Crippen molar-refractivity contribution in [3.8, 4) is 5.75 Å². The maximum Gasteiger partial charge on any atom is 0.229 e. The SMILES string of the molecule is CN(C(=O)C1COc2ccccc2C1)C1CN(c2cc3c(nn2)CCC3)C1. The summed E-state index contributed by atoms with van der Waals surface area (Å²) in [6.07, 6.45) is 4.09. The van der Waals surface area contributed by atoms with Crippen LogP contribution < -0.4 is 9.64 Å². The number of aromatic nitrogens is 2. The maximum absolute atomic E-state index is 12.9. The zero-order valence-corrected chi connectivity index (χ0v) is 15.6. The second-order valence-corrected chi connectivity index (χ2v) is 7.86. The van der Waals surface area contributed by atoms with Crippen molar-refractivity contribution in [1.29, 1.82) is 0 Å². The molecule has 1 unspecified atom stereocenters. The van der Waals surface area contributed by atoms with Crippen LogP contribution in [0.15, 0.2) is 30.3 Å². The highest BCUT2D eigenvalue weighted by atomic mass is 16.5. The number of para-hydroxylation sites is 1. The molecule has 0 bridgehead atoms. The highest BCUT2D eigenvalue weighted by Gasteiger charge is 2.37. The number of ether oxygens (including phenoxy) is 1. The standard InChI is InChI=1S/C21H24N4O2/c1-24(21(26)16-9-15-5-2-3-8-19(15)27-13-16)17-11-25(12-17)20-10-14-6-4-7-18(14)22-23-20/h2-3,5,8,10,16-17H,4,6-7,9,11-13H2,1H3. The molecule has 1 aromatic heterocycles. The smallest absolute Gasteiger partial charge is 0.229 e. The van der Waals surface area contributed by atoms with Crippen molar-refractivity contribution in [2.45, 2.75) is 31.7 Å². The van der Waals surface area contributed by atoms with Crippen LogP contribution in [-0.4, -0.2) is 53.8 Å². The Kier molecular flexibility index (Phi) is 3.99. The molecule has 1 fully saturated rings. The van der Waals surface area contributed by atoms with Crippen LogP contribution in [0.1, 0.15) is 23.2 Å². The molecule has 3 heterocycles. The van der Waals surface area contributed by atoms with Crippen molar-refractivity contribution in [2.24, 2.45) is 5.92 Å². The highest BCUT2D eigenvalue weighted by Crippen LogP contribution is 2.30. The number of anilines is 1. The zero-order chi connectivity index (χ0) is 18.4. The number of carbonyl (C=O) groups is 1. The first-order chi connectivity index (χ1) is 13.2. The highest BCUT2D eigenvalue weighted by molar-refractivity contribution is 5.80. The lowest BCUT2D eigenvalue weighted by molar-refractivity contribution is -0.138. The van der Waals surface area contributed by atoms with Crippen LogP contribution in [0.3, 0.4) is 0 Å². The van der Waals surface area contributed by atoms with Crippen molar-refractivity contribution in [2.75, 3.05) is 31.6 Å². The molecule has 1 aromatic carbocycles. The van der Waals surface area contributed by atoms with E-state index in [1.54, 1.807) is 0 Å². The van der Waals surface area contributed by atoms with Crippen LogP contribution in [0.5, 0.6) is 5.75 Å². The van der Waals surface area contributed by atoms with E-state index in [1.807, 2.05) is 36.2 Å². The minimum Gasteiger partial charge on any atom is -0.492 e. The lowest BCUT2D eigenvalue weighted by atomic mass is 9.94. The molecule has 1 atom stereocenters. The van der Waals surface area contributed by atoms with Gasteiger partial charge in [0.25, 0.3) is 0 Å². The number of hydrogen-bond acceptors (Lipinski definition) is 5. The molecule has 0 radical (unpaired) electrons. The Labute approximate surface area is 159 Å². The van der Waals surface area contributed by atoms with Gasteiger partial charge in [-0.1, -0.05) is 18.2 Å². The molecule has 3 aliphatic rings. The number of likely N-dealkylation sites (N-methyl/N-ethyl adjacent to an activating group) is 1. The lowest BCUT2D eigenvalue weighted by Crippen LogP contribution is -2.61. The molecule has 0 saturated carbocycles. The van der Waals surface area contributed by atoms with Gasteiger partial charge in [0.2, 0.25) is 5.91 Å². The van der Waals surface area contributed by atoms with Crippen molar-refractivity contribution in [3.63, 3.8) is 0 Å². The average Bonchev–Trinajstić information content (AvgIpc) is 3.13. The molecule has 1 amide bonds. The van der Waals surface area contributed by atoms with Gasteiger partial charge in [-0.2, -0.15) is 5.10 Å². The Morgan fingerprint density at radius 2 is 2.04 bits per heavy atom. The van der Waals surface area contributed by atoms with E-state index in [0.717, 1.165) is 55.2 Å². The summed E-state index contributed by atoms with van der Waals surface area (Å²) in [4.78, 5) is 17.1. The van der Waals surface area contributed by atoms with Gasteiger partial charge in [-0.25, -0.2) is 0 Å². The number of benzene rings is 1. The number of rotatable bonds is 3. The molecular weight excluding hydrogens is 340 g/mol. The Balaban J connectivity index is 1.20. The summed E-state index contributed by atoms with van der Waals surface area (Å²) in [5, 5.41) is 8.75. The van der Waals surface area contributed by atoms with E-state index in [2.05, 4.69) is 21.2 Å². The van der Waals surface area contributed by atoms with Gasteiger partial charge in [-0.3, -0.25) is 4.79 Å². The monoisotopic (exact) mass is 364 g/mol. The third-order valence-electron chi connectivity index (χ3n) is 6.12. The molecule has 0 spiro atoms. The summed E-state index contributed by atoms with van der Waals surface area (Å²) in [5.74, 6) is 1.94. The van der Waals surface area contributed by atoms with E-state index >= 15 is 0 Å². The van der Waals surface area contributed by atoms with Crippen molar-refractivity contribution >= 4 is 11.7 Å². The molecule has 6 nitrogen and oxygen atoms in total. The number of carbonyl (C=O) groups excluding carboxylic acids is 1. The first-order valence-corrected chi connectivity index (χ1v) is 9.77. The summed E-state index contributed by atoms with van der Waals surface area (Å²) in [5.41, 5.74) is 3.62. The minimum absolute atomic E-state index is 0.0984. The minimum atomic E-state index is -0.0984. The van der Waals surface area contributed by atoms with Crippen molar-refractivity contribution in [1.82, 2.24) is 15.1 Å². The predicted molar refractivity (Wildman–Crippen MR) is 102 cm³/mol. The normalized spacial score (nSPS) is 21.1. The molecule has 2 aliphatic heterocycles. The fourth-order valence-corrected chi connectivity index (χ4v) is 4.31. The number of hydrogen-bond donors (Lipinski definition) is 0. The van der Waals surface area contributed by atoms with Crippen LogP contribution in [0.2, 0.25) is 0 Å². The lowest BCUT2D eigenvalue weighted by Gasteiger charge is -2.45. The summed E-state index contributed by atoms with van der Waals surface area (Å²) >= 11 is 0. The Morgan fingerprint density at radius 1 is 1.19 bits per heavy atom. The van der Waals surface area contributed by atoms with Gasteiger partial charge in [0.05, 0.1) is 17.7 Å². The van der Waals surface area contributed by atoms with Crippen LogP contribution in [0, 0.1) is 5.92 Å². The predicted octanol–water partition coefficient (Wildman–Crippen LogP) is 1.86. The Morgan fingerprint density at radius 3 is 2.93 bits per heavy atom. The summed E-state index contributed by atoms with van der Waals surface area (Å²) in [6, 6.07) is 10.4. The number of fused-ring (bicyclic) bond motifs is 2. The third kappa shape index (κ3) is 2.93. The van der Waals surface area contributed by atoms with E-state index in [-0.39, 0.29) is 17.9 Å². The molecule has 0 N–H and O–H groups in total. The first-order valence-electron chi connectivity index (χ1n) is 9.77. The molecule has 140 valence electrons. The van der Waals surface area contributed by atoms with Gasteiger partial charge in [-0.05, 0) is 48.9 Å². The van der Waals surface area contributed by atoms with E-state index < -0.39 is 0 Å². The van der Waals surface area contributed by atoms with Crippen molar-refractivity contribution in [3.05, 3.63) is 47.2 Å². The van der Waals surface area contributed by atoms with E-state index in [9.17, 15) is 4.79 Å². The van der Waals surface area contributed by atoms with E-state index in [0.29, 0.717) is 6.61 Å². The van der Waals surface area contributed by atoms with Gasteiger partial charge in [-0.15, -0.1) is 5.10 Å².